The number of hydrazine groups is 1. The number of hydrogen-bond acceptors (Lipinski definition) is 3. The fourth-order valence-electron chi connectivity index (χ4n) is 1.74. The number of halogens is 1. The lowest BCUT2D eigenvalue weighted by Gasteiger charge is -2.07. The summed E-state index contributed by atoms with van der Waals surface area (Å²) < 4.78 is 6.22. The minimum absolute atomic E-state index is 0.191. The van der Waals surface area contributed by atoms with Crippen LogP contribution in [-0.4, -0.2) is 18.4 Å². The maximum atomic E-state index is 11.6. The van der Waals surface area contributed by atoms with Crippen LogP contribution in [0.15, 0.2) is 59.1 Å². The summed E-state index contributed by atoms with van der Waals surface area (Å²) in [5.74, 6) is -0.304. The Bertz CT molecular complexity index is 725. The van der Waals surface area contributed by atoms with Crippen molar-refractivity contribution in [2.24, 2.45) is 0 Å². The molecule has 6 heteroatoms. The van der Waals surface area contributed by atoms with E-state index in [0.717, 1.165) is 15.6 Å². The van der Waals surface area contributed by atoms with Gasteiger partial charge in [-0.3, -0.25) is 20.4 Å². The van der Waals surface area contributed by atoms with Crippen molar-refractivity contribution in [3.63, 3.8) is 0 Å². The van der Waals surface area contributed by atoms with Crippen molar-refractivity contribution in [1.29, 1.82) is 0 Å². The summed E-state index contributed by atoms with van der Waals surface area (Å²) >= 11 is 3.31. The molecule has 0 atom stereocenters. The van der Waals surface area contributed by atoms with Gasteiger partial charge in [0.25, 0.3) is 11.8 Å². The van der Waals surface area contributed by atoms with Gasteiger partial charge in [0, 0.05) is 10.5 Å². The van der Waals surface area contributed by atoms with Crippen LogP contribution in [0.25, 0.3) is 6.08 Å². The third-order valence-electron chi connectivity index (χ3n) is 3.01. The number of aryl methyl sites for hydroxylation is 1. The van der Waals surface area contributed by atoms with Crippen LogP contribution in [0.5, 0.6) is 5.75 Å². The van der Waals surface area contributed by atoms with Crippen LogP contribution in [0.4, 0.5) is 0 Å². The highest BCUT2D eigenvalue weighted by Crippen LogP contribution is 2.15. The Morgan fingerprint density at radius 3 is 2.38 bits per heavy atom. The summed E-state index contributed by atoms with van der Waals surface area (Å²) in [5.41, 5.74) is 6.63. The molecule has 0 heterocycles. The zero-order chi connectivity index (χ0) is 17.4. The monoisotopic (exact) mass is 388 g/mol. The second kappa shape index (κ2) is 8.88. The van der Waals surface area contributed by atoms with Gasteiger partial charge in [-0.1, -0.05) is 45.8 Å². The largest absolute Gasteiger partial charge is 0.484 e. The molecule has 2 aromatic rings. The third-order valence-corrected chi connectivity index (χ3v) is 3.54. The number of hydrogen-bond donors (Lipinski definition) is 2. The first-order chi connectivity index (χ1) is 11.5. The number of amides is 2. The highest BCUT2D eigenvalue weighted by Gasteiger charge is 2.03. The molecule has 0 aliphatic rings. The average molecular weight is 389 g/mol. The Hall–Kier alpha value is -2.60. The van der Waals surface area contributed by atoms with Crippen molar-refractivity contribution in [3.05, 3.63) is 70.2 Å². The van der Waals surface area contributed by atoms with Gasteiger partial charge in [-0.05, 0) is 42.8 Å². The molecule has 2 rings (SSSR count). The Labute approximate surface area is 148 Å². The average Bonchev–Trinajstić information content (AvgIpc) is 2.59. The van der Waals surface area contributed by atoms with E-state index in [0.29, 0.717) is 5.75 Å². The molecule has 5 nitrogen and oxygen atoms in total. The first kappa shape index (κ1) is 17.7. The normalized spacial score (nSPS) is 10.4. The first-order valence-electron chi connectivity index (χ1n) is 7.25. The highest BCUT2D eigenvalue weighted by atomic mass is 79.9. The van der Waals surface area contributed by atoms with Gasteiger partial charge < -0.3 is 4.74 Å². The summed E-state index contributed by atoms with van der Waals surface area (Å²) in [6, 6.07) is 14.8. The molecule has 0 spiro atoms. The maximum Gasteiger partial charge on any atom is 0.276 e. The Morgan fingerprint density at radius 2 is 1.71 bits per heavy atom. The topological polar surface area (TPSA) is 67.4 Å². The number of carbonyl (C=O) groups is 2. The number of rotatable bonds is 5. The van der Waals surface area contributed by atoms with Gasteiger partial charge in [-0.25, -0.2) is 0 Å². The first-order valence-corrected chi connectivity index (χ1v) is 8.04. The van der Waals surface area contributed by atoms with Crippen molar-refractivity contribution < 1.29 is 14.3 Å². The molecule has 0 fully saturated rings. The van der Waals surface area contributed by atoms with Crippen molar-refractivity contribution in [2.75, 3.05) is 6.61 Å². The molecule has 2 N–H and O–H groups in total. The third kappa shape index (κ3) is 6.26. The van der Waals surface area contributed by atoms with E-state index >= 15 is 0 Å². The SMILES string of the molecule is Cc1ccc(C=CC(=O)NNC(=O)COc2ccc(Br)cc2)cc1. The second-order valence-electron chi connectivity index (χ2n) is 5.02. The van der Waals surface area contributed by atoms with Gasteiger partial charge in [0.1, 0.15) is 5.75 Å². The summed E-state index contributed by atoms with van der Waals surface area (Å²) in [4.78, 5) is 23.3. The van der Waals surface area contributed by atoms with Gasteiger partial charge in [0.15, 0.2) is 6.61 Å². The van der Waals surface area contributed by atoms with E-state index in [-0.39, 0.29) is 6.61 Å². The number of ether oxygens (including phenoxy) is 1. The Balaban J connectivity index is 1.71. The van der Waals surface area contributed by atoms with E-state index in [1.54, 1.807) is 18.2 Å². The van der Waals surface area contributed by atoms with Gasteiger partial charge in [-0.2, -0.15) is 0 Å². The van der Waals surface area contributed by atoms with E-state index in [1.165, 1.54) is 6.08 Å². The molecule has 124 valence electrons. The lowest BCUT2D eigenvalue weighted by molar-refractivity contribution is -0.128. The number of benzene rings is 2. The molecular formula is C18H17BrN2O3. The molecule has 0 saturated carbocycles. The minimum atomic E-state index is -0.449. The number of carbonyl (C=O) groups excluding carboxylic acids is 2. The Morgan fingerprint density at radius 1 is 1.04 bits per heavy atom. The van der Waals surface area contributed by atoms with E-state index in [9.17, 15) is 9.59 Å². The molecular weight excluding hydrogens is 372 g/mol. The van der Waals surface area contributed by atoms with E-state index in [4.69, 9.17) is 4.74 Å². The fourth-order valence-corrected chi connectivity index (χ4v) is 2.00. The fraction of sp³-hybridized carbons (Fsp3) is 0.111. The zero-order valence-corrected chi connectivity index (χ0v) is 14.7. The van der Waals surface area contributed by atoms with E-state index < -0.39 is 11.8 Å². The van der Waals surface area contributed by atoms with Crippen LogP contribution in [0.2, 0.25) is 0 Å². The smallest absolute Gasteiger partial charge is 0.276 e. The summed E-state index contributed by atoms with van der Waals surface area (Å²) in [6.45, 7) is 1.80. The van der Waals surface area contributed by atoms with Crippen LogP contribution in [0.1, 0.15) is 11.1 Å². The predicted molar refractivity (Wildman–Crippen MR) is 96.1 cm³/mol. The van der Waals surface area contributed by atoms with Crippen molar-refractivity contribution in [3.8, 4) is 5.75 Å². The summed E-state index contributed by atoms with van der Waals surface area (Å²) in [6.07, 6.45) is 3.01. The number of nitrogens with one attached hydrogen (secondary N) is 2. The van der Waals surface area contributed by atoms with Crippen molar-refractivity contribution >= 4 is 33.8 Å². The van der Waals surface area contributed by atoms with Crippen LogP contribution < -0.4 is 15.6 Å². The molecule has 2 aromatic carbocycles. The van der Waals surface area contributed by atoms with Crippen molar-refractivity contribution in [1.82, 2.24) is 10.9 Å². The molecule has 0 aromatic heterocycles. The van der Waals surface area contributed by atoms with Gasteiger partial charge in [-0.15, -0.1) is 0 Å². The maximum absolute atomic E-state index is 11.6. The standard InChI is InChI=1S/C18H17BrN2O3/c1-13-2-4-14(5-3-13)6-11-17(22)20-21-18(23)12-24-16-9-7-15(19)8-10-16/h2-11H,12H2,1H3,(H,20,22)(H,21,23). The van der Waals surface area contributed by atoms with Crippen LogP contribution in [-0.2, 0) is 9.59 Å². The molecule has 0 saturated heterocycles. The summed E-state index contributed by atoms with van der Waals surface area (Å²) in [5, 5.41) is 0. The van der Waals surface area contributed by atoms with Gasteiger partial charge >= 0.3 is 0 Å². The quantitative estimate of drug-likeness (QED) is 0.610. The lowest BCUT2D eigenvalue weighted by Crippen LogP contribution is -2.43. The molecule has 2 amide bonds. The van der Waals surface area contributed by atoms with Crippen LogP contribution >= 0.6 is 15.9 Å². The van der Waals surface area contributed by atoms with E-state index in [2.05, 4.69) is 26.8 Å². The molecule has 0 aliphatic carbocycles. The molecule has 0 bridgehead atoms. The zero-order valence-electron chi connectivity index (χ0n) is 13.1. The highest BCUT2D eigenvalue weighted by molar-refractivity contribution is 9.10. The Kier molecular flexibility index (Phi) is 6.57. The molecule has 0 aliphatic heterocycles. The minimum Gasteiger partial charge on any atom is -0.484 e. The molecule has 0 unspecified atom stereocenters. The predicted octanol–water partition coefficient (Wildman–Crippen LogP) is 3.00. The van der Waals surface area contributed by atoms with Crippen LogP contribution in [0, 0.1) is 6.92 Å². The van der Waals surface area contributed by atoms with Crippen LogP contribution in [0.3, 0.4) is 0 Å². The summed E-state index contributed by atoms with van der Waals surface area (Å²) in [7, 11) is 0. The molecule has 0 radical (unpaired) electrons. The van der Waals surface area contributed by atoms with Gasteiger partial charge in [0.05, 0.1) is 0 Å². The second-order valence-corrected chi connectivity index (χ2v) is 5.94. The molecule has 24 heavy (non-hydrogen) atoms. The van der Waals surface area contributed by atoms with E-state index in [1.807, 2.05) is 43.3 Å². The van der Waals surface area contributed by atoms with Gasteiger partial charge in [0.2, 0.25) is 0 Å². The van der Waals surface area contributed by atoms with Crippen molar-refractivity contribution in [2.45, 2.75) is 6.92 Å². The lowest BCUT2D eigenvalue weighted by atomic mass is 10.1.